The van der Waals surface area contributed by atoms with E-state index >= 15 is 0 Å². The number of hydrogen-bond acceptors (Lipinski definition) is 3. The fourth-order valence-electron chi connectivity index (χ4n) is 2.94. The van der Waals surface area contributed by atoms with Crippen molar-refractivity contribution in [1.29, 1.82) is 0 Å². The van der Waals surface area contributed by atoms with Gasteiger partial charge in [0.2, 0.25) is 5.91 Å². The van der Waals surface area contributed by atoms with Crippen molar-refractivity contribution >= 4 is 5.91 Å². The second kappa shape index (κ2) is 7.85. The van der Waals surface area contributed by atoms with Crippen molar-refractivity contribution in [1.82, 2.24) is 10.6 Å². The van der Waals surface area contributed by atoms with E-state index in [0.29, 0.717) is 24.8 Å². The fourth-order valence-corrected chi connectivity index (χ4v) is 2.94. The van der Waals surface area contributed by atoms with Crippen LogP contribution in [0.2, 0.25) is 0 Å². The Labute approximate surface area is 117 Å². The highest BCUT2D eigenvalue weighted by atomic mass is 16.1. The molecule has 0 radical (unpaired) electrons. The highest BCUT2D eigenvalue weighted by Gasteiger charge is 2.28. The minimum Gasteiger partial charge on any atom is -0.349 e. The standard InChI is InChI=1S/C15H31N3O/c1-4-15(5-2,11-16)18-14(19)9-12(3)13-7-6-8-17-10-13/h12-13,17H,4-11,16H2,1-3H3,(H,18,19). The maximum absolute atomic E-state index is 12.2. The molecule has 0 saturated carbocycles. The lowest BCUT2D eigenvalue weighted by atomic mass is 9.84. The van der Waals surface area contributed by atoms with Crippen molar-refractivity contribution in [2.24, 2.45) is 17.6 Å². The van der Waals surface area contributed by atoms with E-state index in [-0.39, 0.29) is 11.4 Å². The van der Waals surface area contributed by atoms with Gasteiger partial charge < -0.3 is 16.4 Å². The highest BCUT2D eigenvalue weighted by Crippen LogP contribution is 2.23. The van der Waals surface area contributed by atoms with Gasteiger partial charge in [0.25, 0.3) is 0 Å². The Morgan fingerprint density at radius 3 is 2.63 bits per heavy atom. The molecule has 1 fully saturated rings. The lowest BCUT2D eigenvalue weighted by molar-refractivity contribution is -0.124. The maximum Gasteiger partial charge on any atom is 0.220 e. The van der Waals surface area contributed by atoms with Crippen LogP contribution in [0, 0.1) is 11.8 Å². The average molecular weight is 269 g/mol. The second-order valence-corrected chi connectivity index (χ2v) is 6.03. The zero-order chi connectivity index (χ0) is 14.3. The van der Waals surface area contributed by atoms with Crippen molar-refractivity contribution in [3.8, 4) is 0 Å². The molecule has 0 aliphatic carbocycles. The molecular formula is C15H31N3O. The van der Waals surface area contributed by atoms with Gasteiger partial charge in [-0.3, -0.25) is 4.79 Å². The molecule has 1 aliphatic rings. The number of amides is 1. The number of nitrogens with one attached hydrogen (secondary N) is 2. The Hall–Kier alpha value is -0.610. The van der Waals surface area contributed by atoms with Gasteiger partial charge in [-0.25, -0.2) is 0 Å². The van der Waals surface area contributed by atoms with Crippen molar-refractivity contribution < 1.29 is 4.79 Å². The topological polar surface area (TPSA) is 67.1 Å². The van der Waals surface area contributed by atoms with Crippen LogP contribution in [0.25, 0.3) is 0 Å². The van der Waals surface area contributed by atoms with Crippen LogP contribution in [0.15, 0.2) is 0 Å². The van der Waals surface area contributed by atoms with E-state index in [2.05, 4.69) is 31.4 Å². The third-order valence-corrected chi connectivity index (χ3v) is 4.80. The molecule has 1 aliphatic heterocycles. The number of hydrogen-bond donors (Lipinski definition) is 3. The Kier molecular flexibility index (Phi) is 6.80. The zero-order valence-electron chi connectivity index (χ0n) is 12.8. The first kappa shape index (κ1) is 16.4. The molecule has 1 amide bonds. The van der Waals surface area contributed by atoms with Crippen molar-refractivity contribution in [2.75, 3.05) is 19.6 Å². The van der Waals surface area contributed by atoms with E-state index in [4.69, 9.17) is 5.73 Å². The summed E-state index contributed by atoms with van der Waals surface area (Å²) in [5.41, 5.74) is 5.62. The summed E-state index contributed by atoms with van der Waals surface area (Å²) in [5, 5.41) is 6.58. The molecular weight excluding hydrogens is 238 g/mol. The Balaban J connectivity index is 2.44. The fraction of sp³-hybridized carbons (Fsp3) is 0.933. The smallest absolute Gasteiger partial charge is 0.220 e. The van der Waals surface area contributed by atoms with Crippen LogP contribution in [-0.4, -0.2) is 31.1 Å². The molecule has 1 heterocycles. The van der Waals surface area contributed by atoms with Gasteiger partial charge in [-0.05, 0) is 50.6 Å². The Morgan fingerprint density at radius 2 is 2.16 bits per heavy atom. The lowest BCUT2D eigenvalue weighted by Gasteiger charge is -2.33. The van der Waals surface area contributed by atoms with Crippen molar-refractivity contribution in [3.05, 3.63) is 0 Å². The average Bonchev–Trinajstić information content (AvgIpc) is 2.46. The van der Waals surface area contributed by atoms with Crippen LogP contribution in [0.5, 0.6) is 0 Å². The summed E-state index contributed by atoms with van der Waals surface area (Å²) in [6.07, 6.45) is 4.88. The van der Waals surface area contributed by atoms with Gasteiger partial charge in [0.15, 0.2) is 0 Å². The van der Waals surface area contributed by atoms with Crippen LogP contribution in [0.3, 0.4) is 0 Å². The monoisotopic (exact) mass is 269 g/mol. The molecule has 4 heteroatoms. The normalized spacial score (nSPS) is 22.0. The van der Waals surface area contributed by atoms with E-state index < -0.39 is 0 Å². The summed E-state index contributed by atoms with van der Waals surface area (Å²) in [7, 11) is 0. The maximum atomic E-state index is 12.2. The molecule has 0 aromatic heterocycles. The van der Waals surface area contributed by atoms with E-state index in [1.54, 1.807) is 0 Å². The zero-order valence-corrected chi connectivity index (χ0v) is 12.8. The third-order valence-electron chi connectivity index (χ3n) is 4.80. The summed E-state index contributed by atoms with van der Waals surface area (Å²) in [6.45, 7) is 9.07. The molecule has 1 saturated heterocycles. The minimum atomic E-state index is -0.207. The summed E-state index contributed by atoms with van der Waals surface area (Å²) in [4.78, 5) is 12.2. The van der Waals surface area contributed by atoms with E-state index in [0.717, 1.165) is 25.9 Å². The lowest BCUT2D eigenvalue weighted by Crippen LogP contribution is -2.53. The largest absolute Gasteiger partial charge is 0.349 e. The number of carbonyl (C=O) groups excluding carboxylic acids is 1. The number of piperidine rings is 1. The van der Waals surface area contributed by atoms with Gasteiger partial charge in [0.1, 0.15) is 0 Å². The van der Waals surface area contributed by atoms with Crippen molar-refractivity contribution in [2.45, 2.75) is 58.4 Å². The SMILES string of the molecule is CCC(CC)(CN)NC(=O)CC(C)C1CCCNC1. The summed E-state index contributed by atoms with van der Waals surface area (Å²) >= 11 is 0. The Morgan fingerprint density at radius 1 is 1.47 bits per heavy atom. The van der Waals surface area contributed by atoms with Crippen LogP contribution in [0.1, 0.15) is 52.9 Å². The van der Waals surface area contributed by atoms with Gasteiger partial charge in [-0.1, -0.05) is 20.8 Å². The summed E-state index contributed by atoms with van der Waals surface area (Å²) in [6, 6.07) is 0. The first-order chi connectivity index (χ1) is 9.06. The van der Waals surface area contributed by atoms with Crippen molar-refractivity contribution in [3.63, 3.8) is 0 Å². The predicted octanol–water partition coefficient (Wildman–Crippen LogP) is 1.65. The molecule has 2 atom stereocenters. The molecule has 0 aromatic rings. The molecule has 2 unspecified atom stereocenters. The molecule has 19 heavy (non-hydrogen) atoms. The minimum absolute atomic E-state index is 0.159. The summed E-state index contributed by atoms with van der Waals surface area (Å²) in [5.74, 6) is 1.24. The molecule has 0 bridgehead atoms. The third kappa shape index (κ3) is 4.77. The molecule has 4 nitrogen and oxygen atoms in total. The van der Waals surface area contributed by atoms with Gasteiger partial charge in [-0.2, -0.15) is 0 Å². The molecule has 4 N–H and O–H groups in total. The number of rotatable bonds is 7. The number of nitrogens with two attached hydrogens (primary N) is 1. The predicted molar refractivity (Wildman–Crippen MR) is 79.9 cm³/mol. The first-order valence-electron chi connectivity index (χ1n) is 7.78. The van der Waals surface area contributed by atoms with E-state index in [9.17, 15) is 4.79 Å². The quantitative estimate of drug-likeness (QED) is 0.658. The first-order valence-corrected chi connectivity index (χ1v) is 7.78. The highest BCUT2D eigenvalue weighted by molar-refractivity contribution is 5.77. The van der Waals surface area contributed by atoms with Gasteiger partial charge in [0.05, 0.1) is 5.54 Å². The number of carbonyl (C=O) groups is 1. The molecule has 0 aromatic carbocycles. The molecule has 0 spiro atoms. The van der Waals surface area contributed by atoms with Gasteiger partial charge in [-0.15, -0.1) is 0 Å². The second-order valence-electron chi connectivity index (χ2n) is 6.03. The van der Waals surface area contributed by atoms with Gasteiger partial charge >= 0.3 is 0 Å². The van der Waals surface area contributed by atoms with Crippen LogP contribution >= 0.6 is 0 Å². The van der Waals surface area contributed by atoms with E-state index in [1.807, 2.05) is 0 Å². The van der Waals surface area contributed by atoms with Crippen LogP contribution in [0.4, 0.5) is 0 Å². The van der Waals surface area contributed by atoms with Crippen LogP contribution in [-0.2, 0) is 4.79 Å². The summed E-state index contributed by atoms with van der Waals surface area (Å²) < 4.78 is 0. The van der Waals surface area contributed by atoms with Crippen LogP contribution < -0.4 is 16.4 Å². The molecule has 112 valence electrons. The Bertz CT molecular complexity index is 262. The molecule has 1 rings (SSSR count). The van der Waals surface area contributed by atoms with Gasteiger partial charge in [0, 0.05) is 13.0 Å². The van der Waals surface area contributed by atoms with E-state index in [1.165, 1.54) is 12.8 Å².